The van der Waals surface area contributed by atoms with Crippen LogP contribution in [-0.2, 0) is 11.3 Å². The Morgan fingerprint density at radius 1 is 1.40 bits per heavy atom. The van der Waals surface area contributed by atoms with Crippen LogP contribution in [-0.4, -0.2) is 35.4 Å². The van der Waals surface area contributed by atoms with Gasteiger partial charge >= 0.3 is 0 Å². The van der Waals surface area contributed by atoms with Crippen molar-refractivity contribution >= 4 is 28.1 Å². The number of hydrogen-bond acceptors (Lipinski definition) is 5. The van der Waals surface area contributed by atoms with Gasteiger partial charge in [-0.05, 0) is 44.0 Å². The summed E-state index contributed by atoms with van der Waals surface area (Å²) in [4.78, 5) is 21.0. The Morgan fingerprint density at radius 3 is 2.72 bits per heavy atom. The van der Waals surface area contributed by atoms with Gasteiger partial charge in [0.15, 0.2) is 5.13 Å². The number of amides is 1. The van der Waals surface area contributed by atoms with Crippen molar-refractivity contribution in [2.45, 2.75) is 33.7 Å². The molecule has 1 unspecified atom stereocenters. The molecule has 5 nitrogen and oxygen atoms in total. The first-order valence-electron chi connectivity index (χ1n) is 8.64. The molecule has 0 bridgehead atoms. The van der Waals surface area contributed by atoms with Gasteiger partial charge in [-0.15, -0.1) is 11.3 Å². The molecule has 1 aromatic carbocycles. The molecule has 134 valence electrons. The highest BCUT2D eigenvalue weighted by atomic mass is 32.1. The lowest BCUT2D eigenvalue weighted by molar-refractivity contribution is -0.115. The molecular weight excluding hydrogens is 332 g/mol. The molecule has 1 aliphatic heterocycles. The third-order valence-corrected chi connectivity index (χ3v) is 5.73. The Morgan fingerprint density at radius 2 is 2.12 bits per heavy atom. The summed E-state index contributed by atoms with van der Waals surface area (Å²) in [7, 11) is 0. The molecule has 1 aromatic heterocycles. The summed E-state index contributed by atoms with van der Waals surface area (Å²) in [6.07, 6.45) is 1.13. The van der Waals surface area contributed by atoms with Crippen LogP contribution >= 0.6 is 11.3 Å². The number of benzene rings is 1. The Kier molecular flexibility index (Phi) is 5.22. The van der Waals surface area contributed by atoms with Gasteiger partial charge in [0.25, 0.3) is 0 Å². The second kappa shape index (κ2) is 7.23. The standard InChI is InChI=1S/C19H26N4OS/c1-14-4-6-17(7-5-14)23(15(2)24)18-21-16(11-25-18)10-22-9-8-19(3,12-20)13-22/h4-7,11H,8-10,12-13,20H2,1-3H3. The van der Waals surface area contributed by atoms with Crippen molar-refractivity contribution in [3.63, 3.8) is 0 Å². The number of aromatic nitrogens is 1. The maximum Gasteiger partial charge on any atom is 0.230 e. The first kappa shape index (κ1) is 18.0. The predicted octanol–water partition coefficient (Wildman–Crippen LogP) is 3.31. The van der Waals surface area contributed by atoms with E-state index in [1.165, 1.54) is 16.9 Å². The number of nitrogens with two attached hydrogens (primary N) is 1. The molecule has 1 aliphatic rings. The molecule has 6 heteroatoms. The van der Waals surface area contributed by atoms with Crippen molar-refractivity contribution in [3.05, 3.63) is 40.9 Å². The number of anilines is 2. The molecular formula is C19H26N4OS. The van der Waals surface area contributed by atoms with Crippen molar-refractivity contribution in [1.82, 2.24) is 9.88 Å². The number of likely N-dealkylation sites (tertiary alicyclic amines) is 1. The summed E-state index contributed by atoms with van der Waals surface area (Å²) in [5, 5.41) is 2.78. The third-order valence-electron chi connectivity index (χ3n) is 4.85. The fraction of sp³-hybridized carbons (Fsp3) is 0.474. The van der Waals surface area contributed by atoms with E-state index in [9.17, 15) is 4.79 Å². The highest BCUT2D eigenvalue weighted by Crippen LogP contribution is 2.32. The van der Waals surface area contributed by atoms with Gasteiger partial charge in [-0.1, -0.05) is 24.6 Å². The number of carbonyl (C=O) groups excluding carboxylic acids is 1. The van der Waals surface area contributed by atoms with Gasteiger partial charge in [-0.3, -0.25) is 14.6 Å². The minimum atomic E-state index is -0.0263. The van der Waals surface area contributed by atoms with Gasteiger partial charge in [0.05, 0.1) is 11.4 Å². The predicted molar refractivity (Wildman–Crippen MR) is 103 cm³/mol. The van der Waals surface area contributed by atoms with Crippen molar-refractivity contribution in [2.24, 2.45) is 11.1 Å². The van der Waals surface area contributed by atoms with Gasteiger partial charge in [-0.2, -0.15) is 0 Å². The highest BCUT2D eigenvalue weighted by Gasteiger charge is 2.32. The summed E-state index contributed by atoms with van der Waals surface area (Å²) in [6, 6.07) is 7.95. The van der Waals surface area contributed by atoms with E-state index < -0.39 is 0 Å². The van der Waals surface area contributed by atoms with Crippen LogP contribution in [0.1, 0.15) is 31.5 Å². The molecule has 3 rings (SSSR count). The first-order chi connectivity index (χ1) is 11.9. The van der Waals surface area contributed by atoms with Crippen LogP contribution in [0.25, 0.3) is 0 Å². The average Bonchev–Trinajstić information content (AvgIpc) is 3.17. The van der Waals surface area contributed by atoms with E-state index in [0.29, 0.717) is 0 Å². The number of rotatable bonds is 5. The van der Waals surface area contributed by atoms with Crippen LogP contribution in [0.3, 0.4) is 0 Å². The highest BCUT2D eigenvalue weighted by molar-refractivity contribution is 7.14. The lowest BCUT2D eigenvalue weighted by Crippen LogP contribution is -2.31. The van der Waals surface area contributed by atoms with Crippen LogP contribution in [0.5, 0.6) is 0 Å². The van der Waals surface area contributed by atoms with Gasteiger partial charge in [0.2, 0.25) is 5.91 Å². The zero-order chi connectivity index (χ0) is 18.0. The number of aryl methyl sites for hydroxylation is 1. The van der Waals surface area contributed by atoms with Crippen molar-refractivity contribution < 1.29 is 4.79 Å². The molecule has 25 heavy (non-hydrogen) atoms. The lowest BCUT2D eigenvalue weighted by Gasteiger charge is -2.22. The minimum absolute atomic E-state index is 0.0263. The summed E-state index contributed by atoms with van der Waals surface area (Å²) in [6.45, 7) is 9.44. The SMILES string of the molecule is CC(=O)N(c1ccc(C)cc1)c1nc(CN2CCC(C)(CN)C2)cs1. The second-order valence-corrected chi connectivity index (χ2v) is 8.12. The summed E-state index contributed by atoms with van der Waals surface area (Å²) >= 11 is 1.52. The van der Waals surface area contributed by atoms with E-state index in [-0.39, 0.29) is 11.3 Å². The quantitative estimate of drug-likeness (QED) is 0.891. The Hall–Kier alpha value is -1.76. The number of thiazole rings is 1. The zero-order valence-electron chi connectivity index (χ0n) is 15.2. The fourth-order valence-electron chi connectivity index (χ4n) is 3.25. The van der Waals surface area contributed by atoms with E-state index in [1.807, 2.05) is 31.2 Å². The number of carbonyl (C=O) groups is 1. The first-order valence-corrected chi connectivity index (χ1v) is 9.52. The van der Waals surface area contributed by atoms with Crippen LogP contribution in [0.15, 0.2) is 29.6 Å². The van der Waals surface area contributed by atoms with Crippen molar-refractivity contribution in [1.29, 1.82) is 0 Å². The van der Waals surface area contributed by atoms with E-state index >= 15 is 0 Å². The van der Waals surface area contributed by atoms with E-state index in [4.69, 9.17) is 10.7 Å². The number of hydrogen-bond donors (Lipinski definition) is 1. The molecule has 2 heterocycles. The molecule has 0 aliphatic carbocycles. The van der Waals surface area contributed by atoms with E-state index in [2.05, 4.69) is 17.2 Å². The molecule has 1 atom stereocenters. The Balaban J connectivity index is 1.75. The fourth-order valence-corrected chi connectivity index (χ4v) is 4.13. The lowest BCUT2D eigenvalue weighted by atomic mass is 9.90. The minimum Gasteiger partial charge on any atom is -0.330 e. The van der Waals surface area contributed by atoms with E-state index in [1.54, 1.807) is 11.8 Å². The Labute approximate surface area is 153 Å². The molecule has 1 amide bonds. The van der Waals surface area contributed by atoms with Crippen molar-refractivity contribution in [3.8, 4) is 0 Å². The third kappa shape index (κ3) is 4.08. The van der Waals surface area contributed by atoms with Gasteiger partial charge in [0, 0.05) is 25.4 Å². The number of nitrogens with zero attached hydrogens (tertiary/aromatic N) is 3. The van der Waals surface area contributed by atoms with Crippen LogP contribution < -0.4 is 10.6 Å². The van der Waals surface area contributed by atoms with Crippen LogP contribution in [0, 0.1) is 12.3 Å². The maximum atomic E-state index is 12.2. The molecule has 0 saturated carbocycles. The maximum absolute atomic E-state index is 12.2. The van der Waals surface area contributed by atoms with Gasteiger partial charge in [-0.25, -0.2) is 4.98 Å². The molecule has 0 spiro atoms. The topological polar surface area (TPSA) is 62.5 Å². The van der Waals surface area contributed by atoms with Gasteiger partial charge in [0.1, 0.15) is 0 Å². The summed E-state index contributed by atoms with van der Waals surface area (Å²) in [5.74, 6) is -0.0263. The largest absolute Gasteiger partial charge is 0.330 e. The molecule has 2 aromatic rings. The van der Waals surface area contributed by atoms with Crippen LogP contribution in [0.2, 0.25) is 0 Å². The summed E-state index contributed by atoms with van der Waals surface area (Å²) in [5.41, 5.74) is 9.15. The second-order valence-electron chi connectivity index (χ2n) is 7.29. The normalized spacial score (nSPS) is 20.8. The monoisotopic (exact) mass is 358 g/mol. The Bertz CT molecular complexity index is 742. The smallest absolute Gasteiger partial charge is 0.230 e. The molecule has 2 N–H and O–H groups in total. The molecule has 0 radical (unpaired) electrons. The zero-order valence-corrected chi connectivity index (χ0v) is 16.0. The van der Waals surface area contributed by atoms with Gasteiger partial charge < -0.3 is 5.73 Å². The van der Waals surface area contributed by atoms with Crippen molar-refractivity contribution in [2.75, 3.05) is 24.5 Å². The van der Waals surface area contributed by atoms with E-state index in [0.717, 1.165) is 49.1 Å². The average molecular weight is 359 g/mol. The summed E-state index contributed by atoms with van der Waals surface area (Å²) < 4.78 is 0. The molecule has 1 saturated heterocycles. The molecule has 1 fully saturated rings. The van der Waals surface area contributed by atoms with Crippen LogP contribution in [0.4, 0.5) is 10.8 Å².